The average molecular weight is 483 g/mol. The van der Waals surface area contributed by atoms with E-state index in [1.165, 1.54) is 11.3 Å². The molecule has 3 heterocycles. The minimum atomic E-state index is 0.108. The summed E-state index contributed by atoms with van der Waals surface area (Å²) in [6, 6.07) is 20.3. The van der Waals surface area contributed by atoms with Gasteiger partial charge in [0, 0.05) is 55.2 Å². The van der Waals surface area contributed by atoms with Gasteiger partial charge in [-0.05, 0) is 63.6 Å². The Labute approximate surface area is 213 Å². The van der Waals surface area contributed by atoms with E-state index in [-0.39, 0.29) is 5.91 Å². The van der Waals surface area contributed by atoms with Crippen LogP contribution in [0.2, 0.25) is 0 Å². The fourth-order valence-corrected chi connectivity index (χ4v) is 5.00. The van der Waals surface area contributed by atoms with Crippen LogP contribution in [-0.2, 0) is 13.1 Å². The van der Waals surface area contributed by atoms with Gasteiger partial charge in [0.2, 0.25) is 0 Å². The van der Waals surface area contributed by atoms with Crippen molar-refractivity contribution >= 4 is 5.91 Å². The van der Waals surface area contributed by atoms with Gasteiger partial charge in [-0.15, -0.1) is 0 Å². The molecule has 36 heavy (non-hydrogen) atoms. The molecule has 1 saturated heterocycles. The number of amides is 1. The lowest BCUT2D eigenvalue weighted by molar-refractivity contribution is 0.0628. The zero-order valence-electron chi connectivity index (χ0n) is 21.6. The zero-order chi connectivity index (χ0) is 25.2. The number of benzene rings is 2. The summed E-state index contributed by atoms with van der Waals surface area (Å²) in [6.07, 6.45) is 0. The second kappa shape index (κ2) is 10.1. The first kappa shape index (κ1) is 24.0. The summed E-state index contributed by atoms with van der Waals surface area (Å²) in [7, 11) is 0. The summed E-state index contributed by atoms with van der Waals surface area (Å²) in [4.78, 5) is 17.5. The third-order valence-corrected chi connectivity index (χ3v) is 7.12. The van der Waals surface area contributed by atoms with Crippen molar-refractivity contribution in [2.75, 3.05) is 26.2 Å². The number of hydrogen-bond donors (Lipinski definition) is 0. The number of carbonyl (C=O) groups excluding carboxylic acids is 1. The maximum atomic E-state index is 13.1. The fourth-order valence-electron chi connectivity index (χ4n) is 5.00. The lowest BCUT2D eigenvalue weighted by Crippen LogP contribution is -2.48. The standard InChI is InChI=1S/C29H34N6O/c1-21-18-22(2)34(30-21)19-25-10-12-26(13-11-25)29(36)33-16-14-32(15-17-33)20-28-23(3)31-35(24(28)4)27-8-6-5-7-9-27/h5-13,18H,14-17,19-20H2,1-4H3. The van der Waals surface area contributed by atoms with Gasteiger partial charge in [-0.3, -0.25) is 14.4 Å². The predicted octanol–water partition coefficient (Wildman–Crippen LogP) is 4.31. The van der Waals surface area contributed by atoms with Crippen molar-refractivity contribution in [3.8, 4) is 5.69 Å². The number of piperazine rings is 1. The van der Waals surface area contributed by atoms with Crippen molar-refractivity contribution < 1.29 is 4.79 Å². The largest absolute Gasteiger partial charge is 0.336 e. The lowest BCUT2D eigenvalue weighted by atomic mass is 10.1. The number of para-hydroxylation sites is 1. The summed E-state index contributed by atoms with van der Waals surface area (Å²) in [5, 5.41) is 9.32. The van der Waals surface area contributed by atoms with E-state index in [1.807, 2.05) is 63.7 Å². The van der Waals surface area contributed by atoms with E-state index in [0.29, 0.717) is 6.54 Å². The molecule has 0 spiro atoms. The lowest BCUT2D eigenvalue weighted by Gasteiger charge is -2.34. The van der Waals surface area contributed by atoms with Crippen LogP contribution in [0.15, 0.2) is 60.7 Å². The van der Waals surface area contributed by atoms with Gasteiger partial charge in [-0.2, -0.15) is 10.2 Å². The zero-order valence-corrected chi connectivity index (χ0v) is 21.6. The van der Waals surface area contributed by atoms with E-state index < -0.39 is 0 Å². The summed E-state index contributed by atoms with van der Waals surface area (Å²) < 4.78 is 4.03. The third kappa shape index (κ3) is 4.97. The number of carbonyl (C=O) groups is 1. The highest BCUT2D eigenvalue weighted by atomic mass is 16.2. The van der Waals surface area contributed by atoms with E-state index in [1.54, 1.807) is 0 Å². The topological polar surface area (TPSA) is 59.2 Å². The highest BCUT2D eigenvalue weighted by Crippen LogP contribution is 2.21. The number of hydrogen-bond acceptors (Lipinski definition) is 4. The SMILES string of the molecule is Cc1cc(C)n(Cc2ccc(C(=O)N3CCN(Cc4c(C)nn(-c5ccccc5)c4C)CC3)cc2)n1. The Morgan fingerprint density at radius 3 is 2.17 bits per heavy atom. The van der Waals surface area contributed by atoms with Gasteiger partial charge in [0.05, 0.1) is 23.6 Å². The van der Waals surface area contributed by atoms with E-state index in [0.717, 1.165) is 66.6 Å². The summed E-state index contributed by atoms with van der Waals surface area (Å²) in [6.45, 7) is 13.0. The van der Waals surface area contributed by atoms with E-state index >= 15 is 0 Å². The Hall–Kier alpha value is -3.71. The molecule has 186 valence electrons. The Balaban J connectivity index is 1.18. The van der Waals surface area contributed by atoms with Crippen LogP contribution in [0.3, 0.4) is 0 Å². The van der Waals surface area contributed by atoms with Crippen LogP contribution in [0, 0.1) is 27.7 Å². The molecule has 0 atom stereocenters. The molecule has 1 fully saturated rings. The molecule has 2 aromatic heterocycles. The highest BCUT2D eigenvalue weighted by Gasteiger charge is 2.24. The molecule has 1 amide bonds. The van der Waals surface area contributed by atoms with Crippen molar-refractivity contribution in [1.82, 2.24) is 29.4 Å². The minimum Gasteiger partial charge on any atom is -0.336 e. The van der Waals surface area contributed by atoms with E-state index in [2.05, 4.69) is 49.0 Å². The average Bonchev–Trinajstić information content (AvgIpc) is 3.36. The van der Waals surface area contributed by atoms with Gasteiger partial charge in [-0.1, -0.05) is 30.3 Å². The molecule has 7 heteroatoms. The molecule has 1 aliphatic heterocycles. The molecule has 0 bridgehead atoms. The molecule has 5 rings (SSSR count). The molecule has 2 aromatic carbocycles. The Morgan fingerprint density at radius 1 is 0.833 bits per heavy atom. The van der Waals surface area contributed by atoms with Crippen molar-refractivity contribution in [2.45, 2.75) is 40.8 Å². The van der Waals surface area contributed by atoms with Crippen LogP contribution in [-0.4, -0.2) is 61.4 Å². The molecule has 4 aromatic rings. The Morgan fingerprint density at radius 2 is 1.53 bits per heavy atom. The molecule has 7 nitrogen and oxygen atoms in total. The van der Waals surface area contributed by atoms with Gasteiger partial charge in [0.25, 0.3) is 5.91 Å². The first-order valence-electron chi connectivity index (χ1n) is 12.6. The molecule has 1 aliphatic rings. The minimum absolute atomic E-state index is 0.108. The Bertz CT molecular complexity index is 1340. The molecular weight excluding hydrogens is 448 g/mol. The van der Waals surface area contributed by atoms with Crippen LogP contribution in [0.1, 0.15) is 44.3 Å². The van der Waals surface area contributed by atoms with Gasteiger partial charge >= 0.3 is 0 Å². The first-order valence-corrected chi connectivity index (χ1v) is 12.6. The molecule has 0 unspecified atom stereocenters. The second-order valence-electron chi connectivity index (χ2n) is 9.75. The second-order valence-corrected chi connectivity index (χ2v) is 9.75. The molecule has 0 aliphatic carbocycles. The van der Waals surface area contributed by atoms with Crippen LogP contribution in [0.5, 0.6) is 0 Å². The molecule has 0 radical (unpaired) electrons. The smallest absolute Gasteiger partial charge is 0.253 e. The Kier molecular flexibility index (Phi) is 6.74. The van der Waals surface area contributed by atoms with Gasteiger partial charge < -0.3 is 4.90 Å². The van der Waals surface area contributed by atoms with Crippen molar-refractivity contribution in [2.24, 2.45) is 0 Å². The van der Waals surface area contributed by atoms with Crippen LogP contribution >= 0.6 is 0 Å². The maximum Gasteiger partial charge on any atom is 0.253 e. The van der Waals surface area contributed by atoms with Crippen LogP contribution in [0.4, 0.5) is 0 Å². The van der Waals surface area contributed by atoms with E-state index in [9.17, 15) is 4.79 Å². The van der Waals surface area contributed by atoms with Crippen LogP contribution < -0.4 is 0 Å². The number of aryl methyl sites for hydroxylation is 3. The number of rotatable bonds is 6. The van der Waals surface area contributed by atoms with Gasteiger partial charge in [-0.25, -0.2) is 4.68 Å². The maximum absolute atomic E-state index is 13.1. The first-order chi connectivity index (χ1) is 17.4. The quantitative estimate of drug-likeness (QED) is 0.411. The summed E-state index contributed by atoms with van der Waals surface area (Å²) in [5.41, 5.74) is 8.66. The van der Waals surface area contributed by atoms with E-state index in [4.69, 9.17) is 5.10 Å². The molecule has 0 N–H and O–H groups in total. The van der Waals surface area contributed by atoms with Crippen molar-refractivity contribution in [3.05, 3.63) is 100 Å². The van der Waals surface area contributed by atoms with Crippen molar-refractivity contribution in [1.29, 1.82) is 0 Å². The summed E-state index contributed by atoms with van der Waals surface area (Å²) in [5.74, 6) is 0.108. The van der Waals surface area contributed by atoms with Crippen molar-refractivity contribution in [3.63, 3.8) is 0 Å². The third-order valence-electron chi connectivity index (χ3n) is 7.12. The highest BCUT2D eigenvalue weighted by molar-refractivity contribution is 5.94. The fraction of sp³-hybridized carbons (Fsp3) is 0.345. The normalized spacial score (nSPS) is 14.4. The molecule has 0 saturated carbocycles. The number of aromatic nitrogens is 4. The van der Waals surface area contributed by atoms with Gasteiger partial charge in [0.15, 0.2) is 0 Å². The predicted molar refractivity (Wildman–Crippen MR) is 141 cm³/mol. The molecular formula is C29H34N6O. The van der Waals surface area contributed by atoms with Crippen LogP contribution in [0.25, 0.3) is 5.69 Å². The number of nitrogens with zero attached hydrogens (tertiary/aromatic N) is 6. The monoisotopic (exact) mass is 482 g/mol. The summed E-state index contributed by atoms with van der Waals surface area (Å²) >= 11 is 0. The van der Waals surface area contributed by atoms with Gasteiger partial charge in [0.1, 0.15) is 0 Å².